The van der Waals surface area contributed by atoms with Crippen molar-refractivity contribution in [3.05, 3.63) is 22.3 Å². The van der Waals surface area contributed by atoms with Crippen LogP contribution in [0.2, 0.25) is 0 Å². The third-order valence-electron chi connectivity index (χ3n) is 1.26. The van der Waals surface area contributed by atoms with Crippen molar-refractivity contribution in [1.29, 1.82) is 0 Å². The summed E-state index contributed by atoms with van der Waals surface area (Å²) in [6, 6.07) is 0. The van der Waals surface area contributed by atoms with Crippen LogP contribution in [0.1, 0.15) is 0 Å². The van der Waals surface area contributed by atoms with E-state index in [4.69, 9.17) is 5.73 Å². The maximum Gasteiger partial charge on any atom is 0.311 e. The van der Waals surface area contributed by atoms with Crippen LogP contribution in [-0.2, 0) is 0 Å². The van der Waals surface area contributed by atoms with E-state index in [9.17, 15) is 10.1 Å². The van der Waals surface area contributed by atoms with Crippen molar-refractivity contribution in [3.8, 4) is 0 Å². The van der Waals surface area contributed by atoms with Gasteiger partial charge in [-0.05, 0) is 6.08 Å². The molecule has 0 saturated heterocycles. The molecule has 1 aliphatic heterocycles. The SMILES string of the molecule is NC1([N+](=O)[O-])C=CC=NC1. The Morgan fingerprint density at radius 2 is 2.50 bits per heavy atom. The monoisotopic (exact) mass is 141 g/mol. The van der Waals surface area contributed by atoms with Gasteiger partial charge in [0.25, 0.3) is 0 Å². The highest BCUT2D eigenvalue weighted by Gasteiger charge is 2.35. The highest BCUT2D eigenvalue weighted by molar-refractivity contribution is 5.72. The molecule has 0 bridgehead atoms. The van der Waals surface area contributed by atoms with Gasteiger partial charge in [-0.3, -0.25) is 20.8 Å². The van der Waals surface area contributed by atoms with Gasteiger partial charge in [0.2, 0.25) is 0 Å². The summed E-state index contributed by atoms with van der Waals surface area (Å²) in [5.74, 6) is 0. The van der Waals surface area contributed by atoms with Crippen molar-refractivity contribution >= 4 is 6.21 Å². The third-order valence-corrected chi connectivity index (χ3v) is 1.26. The van der Waals surface area contributed by atoms with Crippen LogP contribution in [0.5, 0.6) is 0 Å². The zero-order valence-corrected chi connectivity index (χ0v) is 5.23. The maximum atomic E-state index is 10.2. The summed E-state index contributed by atoms with van der Waals surface area (Å²) in [6.07, 6.45) is 4.31. The first-order valence-electron chi connectivity index (χ1n) is 2.76. The van der Waals surface area contributed by atoms with Crippen molar-refractivity contribution in [2.24, 2.45) is 10.7 Å². The Hall–Kier alpha value is -1.23. The number of hydrogen-bond acceptors (Lipinski definition) is 4. The Balaban J connectivity index is 2.80. The van der Waals surface area contributed by atoms with Crippen LogP contribution in [0.3, 0.4) is 0 Å². The number of dihydropyridines is 1. The minimum atomic E-state index is -1.48. The smallest absolute Gasteiger partial charge is 0.284 e. The molecule has 0 spiro atoms. The topological polar surface area (TPSA) is 81.5 Å². The molecule has 0 amide bonds. The van der Waals surface area contributed by atoms with Crippen molar-refractivity contribution in [2.45, 2.75) is 5.66 Å². The highest BCUT2D eigenvalue weighted by Crippen LogP contribution is 2.06. The van der Waals surface area contributed by atoms with Gasteiger partial charge >= 0.3 is 5.66 Å². The van der Waals surface area contributed by atoms with E-state index >= 15 is 0 Å². The number of rotatable bonds is 1. The molecule has 5 nitrogen and oxygen atoms in total. The average molecular weight is 141 g/mol. The lowest BCUT2D eigenvalue weighted by Gasteiger charge is -2.15. The number of aliphatic imine (C=N–C) groups is 1. The van der Waals surface area contributed by atoms with Crippen molar-refractivity contribution in [1.82, 2.24) is 0 Å². The molecule has 10 heavy (non-hydrogen) atoms. The summed E-state index contributed by atoms with van der Waals surface area (Å²) in [4.78, 5) is 13.4. The fourth-order valence-corrected chi connectivity index (χ4v) is 0.641. The van der Waals surface area contributed by atoms with Gasteiger partial charge in [0.15, 0.2) is 0 Å². The number of nitrogens with two attached hydrogens (primary N) is 1. The van der Waals surface area contributed by atoms with E-state index in [-0.39, 0.29) is 6.54 Å². The van der Waals surface area contributed by atoms with Gasteiger partial charge in [0.05, 0.1) is 0 Å². The van der Waals surface area contributed by atoms with Crippen molar-refractivity contribution < 1.29 is 4.92 Å². The van der Waals surface area contributed by atoms with Gasteiger partial charge in [-0.25, -0.2) is 0 Å². The van der Waals surface area contributed by atoms with Crippen LogP contribution >= 0.6 is 0 Å². The van der Waals surface area contributed by atoms with Crippen LogP contribution in [0.4, 0.5) is 0 Å². The Morgan fingerprint density at radius 3 is 2.80 bits per heavy atom. The molecule has 1 aliphatic rings. The van der Waals surface area contributed by atoms with E-state index in [1.54, 1.807) is 0 Å². The average Bonchev–Trinajstić information content (AvgIpc) is 1.89. The van der Waals surface area contributed by atoms with Crippen molar-refractivity contribution in [2.75, 3.05) is 6.54 Å². The van der Waals surface area contributed by atoms with E-state index in [1.165, 1.54) is 18.4 Å². The predicted molar refractivity (Wildman–Crippen MR) is 36.4 cm³/mol. The third kappa shape index (κ3) is 1.03. The number of allylic oxidation sites excluding steroid dienone is 1. The Morgan fingerprint density at radius 1 is 1.80 bits per heavy atom. The molecule has 0 radical (unpaired) electrons. The van der Waals surface area contributed by atoms with E-state index in [0.717, 1.165) is 0 Å². The second-order valence-electron chi connectivity index (χ2n) is 2.10. The van der Waals surface area contributed by atoms with E-state index < -0.39 is 10.6 Å². The van der Waals surface area contributed by atoms with E-state index in [0.29, 0.717) is 0 Å². The standard InChI is InChI=1S/C5H7N3O2/c6-5(8(9)10)2-1-3-7-4-5/h1-3H,4,6H2. The molecule has 0 aromatic carbocycles. The quantitative estimate of drug-likeness (QED) is 0.305. The summed E-state index contributed by atoms with van der Waals surface area (Å²) in [6.45, 7) is 0.0243. The van der Waals surface area contributed by atoms with Gasteiger partial charge in [0.1, 0.15) is 6.54 Å². The molecule has 2 N–H and O–H groups in total. The fraction of sp³-hybridized carbons (Fsp3) is 0.400. The Kier molecular flexibility index (Phi) is 1.50. The molecule has 1 atom stereocenters. The number of nitrogens with zero attached hydrogens (tertiary/aromatic N) is 2. The lowest BCUT2D eigenvalue weighted by molar-refractivity contribution is -0.550. The first kappa shape index (κ1) is 6.88. The van der Waals surface area contributed by atoms with Crippen LogP contribution < -0.4 is 5.73 Å². The second kappa shape index (κ2) is 2.18. The maximum absolute atomic E-state index is 10.2. The minimum Gasteiger partial charge on any atom is -0.284 e. The van der Waals surface area contributed by atoms with Gasteiger partial charge in [0, 0.05) is 17.2 Å². The second-order valence-corrected chi connectivity index (χ2v) is 2.10. The first-order valence-corrected chi connectivity index (χ1v) is 2.76. The van der Waals surface area contributed by atoms with Gasteiger partial charge in [-0.2, -0.15) is 0 Å². The molecule has 1 heterocycles. The Bertz CT molecular complexity index is 211. The van der Waals surface area contributed by atoms with Crippen LogP contribution in [0.25, 0.3) is 0 Å². The fourth-order valence-electron chi connectivity index (χ4n) is 0.641. The lowest BCUT2D eigenvalue weighted by atomic mass is 10.1. The first-order chi connectivity index (χ1) is 4.65. The molecule has 0 saturated carbocycles. The molecule has 0 aliphatic carbocycles. The molecule has 0 aromatic rings. The molecular formula is C5H7N3O2. The summed E-state index contributed by atoms with van der Waals surface area (Å²) < 4.78 is 0. The van der Waals surface area contributed by atoms with Gasteiger partial charge < -0.3 is 0 Å². The zero-order chi connectivity index (χ0) is 7.61. The normalized spacial score (nSPS) is 30.5. The number of hydrogen-bond donors (Lipinski definition) is 1. The number of nitro groups is 1. The van der Waals surface area contributed by atoms with Crippen LogP contribution in [0, 0.1) is 10.1 Å². The lowest BCUT2D eigenvalue weighted by Crippen LogP contribution is -2.49. The Labute approximate surface area is 57.4 Å². The van der Waals surface area contributed by atoms with Gasteiger partial charge in [-0.15, -0.1) is 0 Å². The molecule has 1 unspecified atom stereocenters. The summed E-state index contributed by atoms with van der Waals surface area (Å²) in [7, 11) is 0. The summed E-state index contributed by atoms with van der Waals surface area (Å²) in [5.41, 5.74) is 3.82. The molecule has 0 fully saturated rings. The van der Waals surface area contributed by atoms with E-state index in [2.05, 4.69) is 4.99 Å². The van der Waals surface area contributed by atoms with Crippen molar-refractivity contribution in [3.63, 3.8) is 0 Å². The molecular weight excluding hydrogens is 134 g/mol. The molecule has 5 heteroatoms. The molecule has 0 aromatic heterocycles. The highest BCUT2D eigenvalue weighted by atomic mass is 16.6. The van der Waals surface area contributed by atoms with Crippen LogP contribution in [-0.4, -0.2) is 23.3 Å². The predicted octanol–water partition coefficient (Wildman–Crippen LogP) is -0.441. The van der Waals surface area contributed by atoms with E-state index in [1.807, 2.05) is 0 Å². The summed E-state index contributed by atoms with van der Waals surface area (Å²) in [5, 5.41) is 10.2. The van der Waals surface area contributed by atoms with Crippen LogP contribution in [0.15, 0.2) is 17.1 Å². The minimum absolute atomic E-state index is 0.0243. The zero-order valence-electron chi connectivity index (χ0n) is 5.23. The molecule has 54 valence electrons. The molecule has 1 rings (SSSR count). The van der Waals surface area contributed by atoms with Gasteiger partial charge in [-0.1, -0.05) is 0 Å². The summed E-state index contributed by atoms with van der Waals surface area (Å²) >= 11 is 0. The largest absolute Gasteiger partial charge is 0.311 e.